The highest BCUT2D eigenvalue weighted by molar-refractivity contribution is 7.15. The highest BCUT2D eigenvalue weighted by Crippen LogP contribution is 2.58. The molecular formula is C19H22N4O2S. The first-order valence-electron chi connectivity index (χ1n) is 9.16. The van der Waals surface area contributed by atoms with E-state index in [2.05, 4.69) is 22.1 Å². The fraction of sp³-hybridized carbons (Fsp3) is 0.526. The summed E-state index contributed by atoms with van der Waals surface area (Å²) in [5.41, 5.74) is 3.86. The van der Waals surface area contributed by atoms with Gasteiger partial charge in [-0.2, -0.15) is 0 Å². The summed E-state index contributed by atoms with van der Waals surface area (Å²) >= 11 is 1.76. The van der Waals surface area contributed by atoms with E-state index in [0.717, 1.165) is 37.0 Å². The van der Waals surface area contributed by atoms with Crippen molar-refractivity contribution in [2.45, 2.75) is 44.4 Å². The minimum atomic E-state index is -0.100. The van der Waals surface area contributed by atoms with Gasteiger partial charge in [0.15, 0.2) is 5.13 Å². The second kappa shape index (κ2) is 5.76. The van der Waals surface area contributed by atoms with Gasteiger partial charge < -0.3 is 15.0 Å². The maximum Gasteiger partial charge on any atom is 0.222 e. The Hall–Kier alpha value is -1.99. The molecule has 2 aromatic rings. The van der Waals surface area contributed by atoms with Crippen LogP contribution in [-0.4, -0.2) is 35.6 Å². The van der Waals surface area contributed by atoms with E-state index >= 15 is 0 Å². The number of aryl methyl sites for hydroxylation is 1. The maximum atomic E-state index is 11.4. The van der Waals surface area contributed by atoms with Gasteiger partial charge in [0, 0.05) is 54.1 Å². The number of nitrogens with zero attached hydrogens (tertiary/aromatic N) is 3. The first-order chi connectivity index (χ1) is 12.6. The maximum absolute atomic E-state index is 11.4. The fourth-order valence-corrected chi connectivity index (χ4v) is 5.19. The lowest BCUT2D eigenvalue weighted by Gasteiger charge is -2.17. The van der Waals surface area contributed by atoms with Crippen molar-refractivity contribution in [3.8, 4) is 0 Å². The summed E-state index contributed by atoms with van der Waals surface area (Å²) in [5, 5.41) is 3.86. The van der Waals surface area contributed by atoms with Crippen molar-refractivity contribution >= 4 is 33.9 Å². The summed E-state index contributed by atoms with van der Waals surface area (Å²) in [6.07, 6.45) is 5.40. The molecule has 4 heterocycles. The smallest absolute Gasteiger partial charge is 0.222 e. The monoisotopic (exact) mass is 370 g/mol. The molecule has 0 aromatic carbocycles. The van der Waals surface area contributed by atoms with Crippen LogP contribution >= 0.6 is 11.3 Å². The predicted octanol–water partition coefficient (Wildman–Crippen LogP) is 3.49. The number of pyridine rings is 1. The Morgan fingerprint density at radius 3 is 3.00 bits per heavy atom. The zero-order chi connectivity index (χ0) is 17.9. The van der Waals surface area contributed by atoms with Gasteiger partial charge in [0.2, 0.25) is 5.91 Å². The number of thiazole rings is 1. The number of nitrogens with one attached hydrogen (secondary N) is 1. The van der Waals surface area contributed by atoms with E-state index in [9.17, 15) is 4.79 Å². The van der Waals surface area contributed by atoms with E-state index in [4.69, 9.17) is 9.72 Å². The molecule has 1 spiro atoms. The normalized spacial score (nSPS) is 22.7. The zero-order valence-electron chi connectivity index (χ0n) is 15.0. The summed E-state index contributed by atoms with van der Waals surface area (Å²) in [6.45, 7) is 6.24. The molecule has 0 bridgehead atoms. The van der Waals surface area contributed by atoms with Crippen LogP contribution in [0, 0.1) is 6.92 Å². The molecule has 26 heavy (non-hydrogen) atoms. The highest BCUT2D eigenvalue weighted by atomic mass is 32.1. The van der Waals surface area contributed by atoms with Crippen LogP contribution in [0.2, 0.25) is 0 Å². The van der Waals surface area contributed by atoms with E-state index < -0.39 is 0 Å². The van der Waals surface area contributed by atoms with Crippen LogP contribution in [0.3, 0.4) is 0 Å². The molecule has 5 rings (SSSR count). The van der Waals surface area contributed by atoms with Gasteiger partial charge in [-0.1, -0.05) is 0 Å². The van der Waals surface area contributed by atoms with Gasteiger partial charge in [0.1, 0.15) is 5.82 Å². The van der Waals surface area contributed by atoms with Gasteiger partial charge in [-0.15, -0.1) is 11.3 Å². The molecule has 1 saturated carbocycles. The number of ether oxygens (including phenoxy) is 1. The number of carbonyl (C=O) groups excluding carboxylic acids is 1. The predicted molar refractivity (Wildman–Crippen MR) is 101 cm³/mol. The molecule has 1 N–H and O–H groups in total. The minimum absolute atomic E-state index is 0.100. The first kappa shape index (κ1) is 16.2. The molecular weight excluding hydrogens is 348 g/mol. The zero-order valence-corrected chi connectivity index (χ0v) is 15.9. The molecule has 1 unspecified atom stereocenters. The molecule has 136 valence electrons. The molecule has 1 amide bonds. The molecule has 2 fully saturated rings. The quantitative estimate of drug-likeness (QED) is 0.896. The van der Waals surface area contributed by atoms with Crippen LogP contribution < -0.4 is 10.2 Å². The van der Waals surface area contributed by atoms with Gasteiger partial charge in [-0.05, 0) is 26.2 Å². The Morgan fingerprint density at radius 2 is 2.31 bits per heavy atom. The summed E-state index contributed by atoms with van der Waals surface area (Å²) in [7, 11) is 0. The number of anilines is 3. The fourth-order valence-electron chi connectivity index (χ4n) is 4.19. The van der Waals surface area contributed by atoms with Crippen molar-refractivity contribution in [1.82, 2.24) is 9.97 Å². The van der Waals surface area contributed by atoms with Crippen LogP contribution in [0.15, 0.2) is 12.3 Å². The summed E-state index contributed by atoms with van der Waals surface area (Å²) in [5.74, 6) is 0.928. The Kier molecular flexibility index (Phi) is 3.59. The molecule has 1 saturated heterocycles. The minimum Gasteiger partial charge on any atom is -0.381 e. The molecule has 3 aliphatic rings. The molecule has 2 aliphatic heterocycles. The lowest BCUT2D eigenvalue weighted by molar-refractivity contribution is -0.114. The molecule has 1 atom stereocenters. The second-order valence-corrected chi connectivity index (χ2v) is 8.81. The Labute approximate surface area is 156 Å². The van der Waals surface area contributed by atoms with E-state index in [0.29, 0.717) is 11.7 Å². The van der Waals surface area contributed by atoms with Crippen molar-refractivity contribution in [2.75, 3.05) is 30.0 Å². The van der Waals surface area contributed by atoms with Crippen LogP contribution in [0.4, 0.5) is 16.6 Å². The van der Waals surface area contributed by atoms with Crippen molar-refractivity contribution in [2.24, 2.45) is 0 Å². The van der Waals surface area contributed by atoms with Crippen LogP contribution in [0.1, 0.15) is 48.2 Å². The molecule has 6 nitrogen and oxygen atoms in total. The first-order valence-corrected chi connectivity index (χ1v) is 9.98. The number of carbonyl (C=O) groups is 1. The van der Waals surface area contributed by atoms with E-state index in [1.54, 1.807) is 11.3 Å². The third-order valence-electron chi connectivity index (χ3n) is 5.73. The number of hydrogen-bond acceptors (Lipinski definition) is 6. The van der Waals surface area contributed by atoms with Crippen LogP contribution in [0.25, 0.3) is 0 Å². The number of fused-ring (bicyclic) bond motifs is 2. The molecule has 0 radical (unpaired) electrons. The van der Waals surface area contributed by atoms with E-state index in [1.807, 2.05) is 12.3 Å². The summed E-state index contributed by atoms with van der Waals surface area (Å²) in [6, 6.07) is 2.00. The average Bonchev–Trinajstić information content (AvgIpc) is 2.96. The van der Waals surface area contributed by atoms with E-state index in [-0.39, 0.29) is 11.3 Å². The third kappa shape index (κ3) is 2.53. The van der Waals surface area contributed by atoms with Crippen LogP contribution in [0.5, 0.6) is 0 Å². The van der Waals surface area contributed by atoms with Crippen LogP contribution in [-0.2, 0) is 14.9 Å². The van der Waals surface area contributed by atoms with Gasteiger partial charge >= 0.3 is 0 Å². The second-order valence-electron chi connectivity index (χ2n) is 7.63. The highest BCUT2D eigenvalue weighted by Gasteiger charge is 2.53. The molecule has 7 heteroatoms. The van der Waals surface area contributed by atoms with Crippen molar-refractivity contribution in [3.63, 3.8) is 0 Å². The SMILES string of the molecule is CC(=O)Nc1cc2c(cn1)C1(CC1)CN2c1nc(C2CCOC2)c(C)s1. The Balaban J connectivity index is 1.53. The number of hydrogen-bond donors (Lipinski definition) is 1. The average molecular weight is 370 g/mol. The standard InChI is InChI=1S/C19H22N4O2S/c1-11-17(13-3-6-25-9-13)22-18(26-11)23-10-19(4-5-19)14-8-20-16(7-15(14)23)21-12(2)24/h7-8,13H,3-6,9-10H2,1-2H3,(H,20,21,24). The van der Waals surface area contributed by atoms with Crippen molar-refractivity contribution in [1.29, 1.82) is 0 Å². The molecule has 2 aromatic heterocycles. The summed E-state index contributed by atoms with van der Waals surface area (Å²) in [4.78, 5) is 24.5. The van der Waals surface area contributed by atoms with Crippen molar-refractivity contribution < 1.29 is 9.53 Å². The Morgan fingerprint density at radius 1 is 1.46 bits per heavy atom. The van der Waals surface area contributed by atoms with Gasteiger partial charge in [-0.3, -0.25) is 4.79 Å². The lowest BCUT2D eigenvalue weighted by Crippen LogP contribution is -2.19. The van der Waals surface area contributed by atoms with E-state index in [1.165, 1.54) is 35.9 Å². The number of amides is 1. The number of aromatic nitrogens is 2. The van der Waals surface area contributed by atoms with Crippen molar-refractivity contribution in [3.05, 3.63) is 28.4 Å². The largest absolute Gasteiger partial charge is 0.381 e. The van der Waals surface area contributed by atoms with Gasteiger partial charge in [0.25, 0.3) is 0 Å². The van der Waals surface area contributed by atoms with Gasteiger partial charge in [-0.25, -0.2) is 9.97 Å². The Bertz CT molecular complexity index is 884. The number of rotatable bonds is 3. The third-order valence-corrected chi connectivity index (χ3v) is 6.74. The molecule has 1 aliphatic carbocycles. The summed E-state index contributed by atoms with van der Waals surface area (Å²) < 4.78 is 5.56. The van der Waals surface area contributed by atoms with Gasteiger partial charge in [0.05, 0.1) is 18.0 Å². The topological polar surface area (TPSA) is 67.4 Å². The lowest BCUT2D eigenvalue weighted by atomic mass is 10.0.